The van der Waals surface area contributed by atoms with Gasteiger partial charge in [0, 0.05) is 31.0 Å². The van der Waals surface area contributed by atoms with Gasteiger partial charge in [0.15, 0.2) is 15.5 Å². The Morgan fingerprint density at radius 1 is 1.35 bits per heavy atom. The molecule has 0 saturated heterocycles. The third-order valence-corrected chi connectivity index (χ3v) is 5.06. The molecule has 0 aliphatic carbocycles. The largest absolute Gasteiger partial charge is 0.313 e. The zero-order valence-electron chi connectivity index (χ0n) is 11.8. The van der Waals surface area contributed by atoms with Crippen LogP contribution < -0.4 is 5.32 Å². The summed E-state index contributed by atoms with van der Waals surface area (Å²) < 4.78 is 25.0. The van der Waals surface area contributed by atoms with Crippen LogP contribution in [0.1, 0.15) is 19.7 Å². The van der Waals surface area contributed by atoms with E-state index in [0.29, 0.717) is 13.0 Å². The summed E-state index contributed by atoms with van der Waals surface area (Å²) in [6.45, 7) is 4.23. The van der Waals surface area contributed by atoms with E-state index < -0.39 is 9.84 Å². The number of nitrogens with one attached hydrogen (secondary N) is 1. The highest BCUT2D eigenvalue weighted by molar-refractivity contribution is 7.91. The van der Waals surface area contributed by atoms with E-state index in [2.05, 4.69) is 15.5 Å². The number of aromatic nitrogens is 3. The van der Waals surface area contributed by atoms with Crippen molar-refractivity contribution in [2.75, 3.05) is 18.1 Å². The van der Waals surface area contributed by atoms with Crippen LogP contribution >= 0.6 is 0 Å². The van der Waals surface area contributed by atoms with E-state index in [4.69, 9.17) is 0 Å². The van der Waals surface area contributed by atoms with E-state index in [1.54, 1.807) is 6.92 Å². The van der Waals surface area contributed by atoms with Gasteiger partial charge in [-0.1, -0.05) is 13.0 Å². The summed E-state index contributed by atoms with van der Waals surface area (Å²) in [6, 6.07) is 5.70. The van der Waals surface area contributed by atoms with Crippen LogP contribution in [0, 0.1) is 0 Å². The van der Waals surface area contributed by atoms with Crippen LogP contribution in [0.4, 0.5) is 0 Å². The highest BCUT2D eigenvalue weighted by atomic mass is 32.2. The van der Waals surface area contributed by atoms with Crippen LogP contribution in [0.3, 0.4) is 0 Å². The smallest absolute Gasteiger partial charge is 0.160 e. The Hall–Kier alpha value is -1.47. The van der Waals surface area contributed by atoms with E-state index in [0.717, 1.165) is 11.5 Å². The van der Waals surface area contributed by atoms with Crippen LogP contribution in [-0.2, 0) is 16.3 Å². The van der Waals surface area contributed by atoms with E-state index >= 15 is 0 Å². The molecule has 7 heteroatoms. The third kappa shape index (κ3) is 3.77. The first kappa shape index (κ1) is 14.9. The molecule has 2 aromatic rings. The maximum absolute atomic E-state index is 11.5. The molecule has 110 valence electrons. The summed E-state index contributed by atoms with van der Waals surface area (Å²) in [4.78, 5) is 0. The van der Waals surface area contributed by atoms with Gasteiger partial charge < -0.3 is 5.32 Å². The van der Waals surface area contributed by atoms with Crippen molar-refractivity contribution in [1.82, 2.24) is 19.9 Å². The number of fused-ring (bicyclic) bond motifs is 1. The second kappa shape index (κ2) is 6.32. The number of nitrogens with zero attached hydrogens (tertiary/aromatic N) is 3. The minimum Gasteiger partial charge on any atom is -0.313 e. The molecule has 0 aromatic carbocycles. The van der Waals surface area contributed by atoms with Crippen LogP contribution in [0.15, 0.2) is 24.4 Å². The molecule has 0 aliphatic heterocycles. The summed E-state index contributed by atoms with van der Waals surface area (Å²) in [5.74, 6) is 1.23. The van der Waals surface area contributed by atoms with Gasteiger partial charge in [0.05, 0.1) is 5.75 Å². The van der Waals surface area contributed by atoms with Crippen molar-refractivity contribution in [2.24, 2.45) is 0 Å². The normalized spacial score (nSPS) is 13.7. The van der Waals surface area contributed by atoms with Crippen LogP contribution in [-0.4, -0.2) is 47.1 Å². The third-order valence-electron chi connectivity index (χ3n) is 3.17. The average molecular weight is 296 g/mol. The van der Waals surface area contributed by atoms with Crippen molar-refractivity contribution in [3.63, 3.8) is 0 Å². The van der Waals surface area contributed by atoms with Gasteiger partial charge in [0.2, 0.25) is 0 Å². The summed E-state index contributed by atoms with van der Waals surface area (Å²) in [5.41, 5.74) is 0.823. The lowest BCUT2D eigenvalue weighted by atomic mass is 10.3. The van der Waals surface area contributed by atoms with Gasteiger partial charge in [-0.3, -0.25) is 4.40 Å². The Balaban J connectivity index is 1.87. The molecule has 2 aromatic heterocycles. The highest BCUT2D eigenvalue weighted by Gasteiger charge is 2.13. The molecule has 20 heavy (non-hydrogen) atoms. The van der Waals surface area contributed by atoms with Gasteiger partial charge in [0.25, 0.3) is 0 Å². The Morgan fingerprint density at radius 3 is 2.90 bits per heavy atom. The zero-order valence-corrected chi connectivity index (χ0v) is 12.6. The molecule has 6 nitrogen and oxygen atoms in total. The van der Waals surface area contributed by atoms with Crippen LogP contribution in [0.25, 0.3) is 5.65 Å². The number of hydrogen-bond donors (Lipinski definition) is 1. The fraction of sp³-hybridized carbons (Fsp3) is 0.538. The Kier molecular flexibility index (Phi) is 4.72. The van der Waals surface area contributed by atoms with E-state index in [-0.39, 0.29) is 17.5 Å². The molecular formula is C13H20N4O2S. The molecule has 1 unspecified atom stereocenters. The molecule has 0 aliphatic rings. The number of hydrogen-bond acceptors (Lipinski definition) is 5. The van der Waals surface area contributed by atoms with E-state index in [1.807, 2.05) is 35.7 Å². The first-order chi connectivity index (χ1) is 9.52. The van der Waals surface area contributed by atoms with Crippen molar-refractivity contribution >= 4 is 15.5 Å². The second-order valence-corrected chi connectivity index (χ2v) is 7.25. The van der Waals surface area contributed by atoms with Crippen molar-refractivity contribution in [3.8, 4) is 0 Å². The lowest BCUT2D eigenvalue weighted by molar-refractivity contribution is 0.555. The Morgan fingerprint density at radius 2 is 2.15 bits per heavy atom. The topological polar surface area (TPSA) is 76.4 Å². The van der Waals surface area contributed by atoms with Gasteiger partial charge in [-0.2, -0.15) is 0 Å². The summed E-state index contributed by atoms with van der Waals surface area (Å²) in [5, 5.41) is 11.4. The second-order valence-electron chi connectivity index (χ2n) is 4.85. The van der Waals surface area contributed by atoms with Gasteiger partial charge in [-0.15, -0.1) is 10.2 Å². The zero-order chi connectivity index (χ0) is 14.6. The first-order valence-electron chi connectivity index (χ1n) is 6.74. The maximum Gasteiger partial charge on any atom is 0.160 e. The first-order valence-corrected chi connectivity index (χ1v) is 8.56. The number of pyridine rings is 1. The fourth-order valence-corrected chi connectivity index (χ4v) is 3.16. The predicted octanol–water partition coefficient (Wildman–Crippen LogP) is 0.685. The lowest BCUT2D eigenvalue weighted by Crippen LogP contribution is -2.35. The molecule has 0 bridgehead atoms. The molecule has 1 N–H and O–H groups in total. The molecule has 2 rings (SSSR count). The van der Waals surface area contributed by atoms with Gasteiger partial charge in [0.1, 0.15) is 5.82 Å². The van der Waals surface area contributed by atoms with Gasteiger partial charge in [-0.05, 0) is 19.1 Å². The van der Waals surface area contributed by atoms with Gasteiger partial charge in [-0.25, -0.2) is 8.42 Å². The summed E-state index contributed by atoms with van der Waals surface area (Å²) >= 11 is 0. The van der Waals surface area contributed by atoms with Crippen LogP contribution in [0.5, 0.6) is 0 Å². The van der Waals surface area contributed by atoms with Gasteiger partial charge >= 0.3 is 0 Å². The van der Waals surface area contributed by atoms with E-state index in [9.17, 15) is 8.42 Å². The predicted molar refractivity (Wildman–Crippen MR) is 78.5 cm³/mol. The standard InChI is InChI=1S/C13H20N4O2S/c1-3-20(18,19)10-11(2)14-8-7-13-16-15-12-6-4-5-9-17(12)13/h4-6,9,11,14H,3,7-8,10H2,1-2H3. The number of sulfone groups is 1. The Labute approximate surface area is 119 Å². The monoisotopic (exact) mass is 296 g/mol. The molecular weight excluding hydrogens is 276 g/mol. The maximum atomic E-state index is 11.5. The quantitative estimate of drug-likeness (QED) is 0.813. The van der Waals surface area contributed by atoms with Crippen molar-refractivity contribution in [1.29, 1.82) is 0 Å². The molecule has 0 amide bonds. The average Bonchev–Trinajstić information content (AvgIpc) is 2.82. The van der Waals surface area contributed by atoms with Crippen molar-refractivity contribution in [3.05, 3.63) is 30.2 Å². The fourth-order valence-electron chi connectivity index (χ4n) is 2.05. The molecule has 0 radical (unpaired) electrons. The van der Waals surface area contributed by atoms with E-state index in [1.165, 1.54) is 0 Å². The summed E-state index contributed by atoms with van der Waals surface area (Å²) in [7, 11) is -2.93. The van der Waals surface area contributed by atoms with Crippen molar-refractivity contribution in [2.45, 2.75) is 26.3 Å². The molecule has 0 fully saturated rings. The number of rotatable bonds is 7. The summed E-state index contributed by atoms with van der Waals surface area (Å²) in [6.07, 6.45) is 2.64. The lowest BCUT2D eigenvalue weighted by Gasteiger charge is -2.12. The molecule has 0 saturated carbocycles. The molecule has 0 spiro atoms. The minimum absolute atomic E-state index is 0.0564. The molecule has 1 atom stereocenters. The highest BCUT2D eigenvalue weighted by Crippen LogP contribution is 2.03. The molecule has 2 heterocycles. The minimum atomic E-state index is -2.93. The SMILES string of the molecule is CCS(=O)(=O)CC(C)NCCc1nnc2ccccn12. The van der Waals surface area contributed by atoms with Crippen molar-refractivity contribution < 1.29 is 8.42 Å². The van der Waals surface area contributed by atoms with Crippen LogP contribution in [0.2, 0.25) is 0 Å². The Bertz CT molecular complexity index is 666.